The van der Waals surface area contributed by atoms with E-state index in [1.807, 2.05) is 6.20 Å². The lowest BCUT2D eigenvalue weighted by Gasteiger charge is -2.34. The SMILES string of the molecule is CCc1nc2c(-c3c(C)cc(C)cc3OC)nc(Cl)cn2c1[N+](C)(C1CC1)C1CC1. The predicted octanol–water partition coefficient (Wildman–Crippen LogP) is 5.50. The van der Waals surface area contributed by atoms with Gasteiger partial charge in [0.25, 0.3) is 0 Å². The van der Waals surface area contributed by atoms with Crippen LogP contribution >= 0.6 is 11.6 Å². The number of hydrogen-bond donors (Lipinski definition) is 0. The molecule has 2 aliphatic carbocycles. The molecule has 0 N–H and O–H groups in total. The molecule has 3 aromatic rings. The Bertz CT molecular complexity index is 1130. The second-order valence-electron chi connectivity index (χ2n) is 9.11. The van der Waals surface area contributed by atoms with Gasteiger partial charge in [-0.2, -0.15) is 0 Å². The Labute approximate surface area is 183 Å². The molecule has 5 nitrogen and oxygen atoms in total. The molecule has 0 radical (unpaired) electrons. The Morgan fingerprint density at radius 3 is 2.37 bits per heavy atom. The molecule has 0 atom stereocenters. The maximum Gasteiger partial charge on any atom is 0.236 e. The van der Waals surface area contributed by atoms with Crippen LogP contribution in [0.3, 0.4) is 0 Å². The molecular weight excluding hydrogens is 396 g/mol. The molecule has 0 bridgehead atoms. The van der Waals surface area contributed by atoms with Gasteiger partial charge in [0, 0.05) is 31.2 Å². The second kappa shape index (κ2) is 6.96. The van der Waals surface area contributed by atoms with Crippen LogP contribution in [0.4, 0.5) is 5.82 Å². The molecule has 0 unspecified atom stereocenters. The van der Waals surface area contributed by atoms with Crippen molar-refractivity contribution in [2.45, 2.75) is 65.0 Å². The van der Waals surface area contributed by atoms with E-state index in [0.29, 0.717) is 17.2 Å². The largest absolute Gasteiger partial charge is 0.496 e. The summed E-state index contributed by atoms with van der Waals surface area (Å²) in [6, 6.07) is 5.60. The Morgan fingerprint density at radius 1 is 1.13 bits per heavy atom. The third-order valence-corrected chi connectivity index (χ3v) is 7.11. The molecule has 2 aliphatic rings. The monoisotopic (exact) mass is 425 g/mol. The number of fused-ring (bicyclic) bond motifs is 1. The number of imidazole rings is 1. The highest BCUT2D eigenvalue weighted by Gasteiger charge is 2.55. The van der Waals surface area contributed by atoms with E-state index in [9.17, 15) is 0 Å². The van der Waals surface area contributed by atoms with Gasteiger partial charge >= 0.3 is 0 Å². The van der Waals surface area contributed by atoms with Gasteiger partial charge in [0.05, 0.1) is 32.4 Å². The van der Waals surface area contributed by atoms with Crippen molar-refractivity contribution in [3.63, 3.8) is 0 Å². The number of methoxy groups -OCH3 is 1. The van der Waals surface area contributed by atoms with Gasteiger partial charge < -0.3 is 4.74 Å². The van der Waals surface area contributed by atoms with Crippen molar-refractivity contribution in [1.82, 2.24) is 18.9 Å². The summed E-state index contributed by atoms with van der Waals surface area (Å²) in [6.45, 7) is 6.38. The van der Waals surface area contributed by atoms with Crippen LogP contribution in [-0.2, 0) is 6.42 Å². The molecule has 1 aromatic carbocycles. The van der Waals surface area contributed by atoms with E-state index in [0.717, 1.165) is 50.4 Å². The molecule has 2 fully saturated rings. The van der Waals surface area contributed by atoms with Crippen LogP contribution < -0.4 is 9.22 Å². The lowest BCUT2D eigenvalue weighted by Crippen LogP contribution is -2.50. The summed E-state index contributed by atoms with van der Waals surface area (Å²) in [5.74, 6) is 2.11. The van der Waals surface area contributed by atoms with Gasteiger partial charge in [-0.1, -0.05) is 24.6 Å². The van der Waals surface area contributed by atoms with Crippen LogP contribution in [-0.4, -0.2) is 40.6 Å². The highest BCUT2D eigenvalue weighted by atomic mass is 35.5. The van der Waals surface area contributed by atoms with E-state index >= 15 is 0 Å². The van der Waals surface area contributed by atoms with E-state index in [1.54, 1.807) is 7.11 Å². The summed E-state index contributed by atoms with van der Waals surface area (Å²) < 4.78 is 8.97. The average Bonchev–Trinajstić information content (AvgIpc) is 3.60. The van der Waals surface area contributed by atoms with Gasteiger partial charge in [-0.3, -0.25) is 4.48 Å². The van der Waals surface area contributed by atoms with Crippen LogP contribution in [0, 0.1) is 13.8 Å². The van der Waals surface area contributed by atoms with E-state index in [-0.39, 0.29) is 0 Å². The van der Waals surface area contributed by atoms with Crippen molar-refractivity contribution >= 4 is 23.1 Å². The first-order valence-electron chi connectivity index (χ1n) is 11.0. The number of halogens is 1. The molecule has 2 saturated carbocycles. The fourth-order valence-corrected chi connectivity index (χ4v) is 5.41. The van der Waals surface area contributed by atoms with Gasteiger partial charge in [-0.15, -0.1) is 0 Å². The van der Waals surface area contributed by atoms with Gasteiger partial charge in [-0.05, 0) is 37.5 Å². The zero-order valence-electron chi connectivity index (χ0n) is 18.5. The van der Waals surface area contributed by atoms with Crippen molar-refractivity contribution in [3.8, 4) is 17.0 Å². The van der Waals surface area contributed by atoms with E-state index in [2.05, 4.69) is 44.4 Å². The van der Waals surface area contributed by atoms with Crippen molar-refractivity contribution in [1.29, 1.82) is 0 Å². The van der Waals surface area contributed by atoms with Crippen LogP contribution in [0.1, 0.15) is 49.4 Å². The van der Waals surface area contributed by atoms with Crippen molar-refractivity contribution < 1.29 is 4.74 Å². The number of aryl methyl sites for hydroxylation is 3. The van der Waals surface area contributed by atoms with Gasteiger partial charge in [0.1, 0.15) is 22.3 Å². The number of rotatable bonds is 6. The molecule has 0 amide bonds. The Balaban J connectivity index is 1.83. The van der Waals surface area contributed by atoms with Gasteiger partial charge in [-0.25, -0.2) is 14.4 Å². The molecule has 2 aromatic heterocycles. The number of benzene rings is 1. The Morgan fingerprint density at radius 2 is 1.80 bits per heavy atom. The average molecular weight is 426 g/mol. The summed E-state index contributed by atoms with van der Waals surface area (Å²) >= 11 is 6.61. The lowest BCUT2D eigenvalue weighted by atomic mass is 10.0. The minimum atomic E-state index is 0.485. The normalized spacial score (nSPS) is 17.0. The number of nitrogens with zero attached hydrogens (tertiary/aromatic N) is 4. The number of quaternary nitrogens is 1. The summed E-state index contributed by atoms with van der Waals surface area (Å²) in [7, 11) is 4.12. The first-order chi connectivity index (χ1) is 14.4. The topological polar surface area (TPSA) is 39.4 Å². The van der Waals surface area contributed by atoms with Crippen LogP contribution in [0.5, 0.6) is 5.75 Å². The quantitative estimate of drug-likeness (QED) is 0.489. The molecule has 0 saturated heterocycles. The summed E-state index contributed by atoms with van der Waals surface area (Å²) in [4.78, 5) is 9.90. The lowest BCUT2D eigenvalue weighted by molar-refractivity contribution is 0.297. The van der Waals surface area contributed by atoms with Crippen LogP contribution in [0.25, 0.3) is 16.9 Å². The summed E-state index contributed by atoms with van der Waals surface area (Å²) in [5, 5.41) is 0.485. The molecule has 158 valence electrons. The first-order valence-corrected chi connectivity index (χ1v) is 11.4. The minimum absolute atomic E-state index is 0.485. The zero-order valence-corrected chi connectivity index (χ0v) is 19.3. The number of hydrogen-bond acceptors (Lipinski definition) is 3. The Hall–Kier alpha value is -2.11. The van der Waals surface area contributed by atoms with E-state index in [1.165, 1.54) is 31.5 Å². The van der Waals surface area contributed by atoms with Gasteiger partial charge in [0.15, 0.2) is 5.65 Å². The summed E-state index contributed by atoms with van der Waals surface area (Å²) in [6.07, 6.45) is 8.02. The molecule has 30 heavy (non-hydrogen) atoms. The molecule has 0 aliphatic heterocycles. The molecule has 5 rings (SSSR count). The maximum absolute atomic E-state index is 6.61. The predicted molar refractivity (Wildman–Crippen MR) is 123 cm³/mol. The highest BCUT2D eigenvalue weighted by molar-refractivity contribution is 6.29. The van der Waals surface area contributed by atoms with Gasteiger partial charge in [0.2, 0.25) is 5.82 Å². The Kier molecular flexibility index (Phi) is 4.60. The minimum Gasteiger partial charge on any atom is -0.496 e. The zero-order chi connectivity index (χ0) is 21.2. The molecule has 0 spiro atoms. The van der Waals surface area contributed by atoms with E-state index in [4.69, 9.17) is 26.3 Å². The van der Waals surface area contributed by atoms with Crippen molar-refractivity contribution in [2.75, 3.05) is 14.2 Å². The number of aromatic nitrogens is 3. The van der Waals surface area contributed by atoms with Crippen molar-refractivity contribution in [2.24, 2.45) is 0 Å². The third-order valence-electron chi connectivity index (χ3n) is 6.92. The van der Waals surface area contributed by atoms with Crippen molar-refractivity contribution in [3.05, 3.63) is 40.3 Å². The third kappa shape index (κ3) is 2.94. The molecule has 6 heteroatoms. The first kappa shape index (κ1) is 19.8. The molecule has 2 heterocycles. The summed E-state index contributed by atoms with van der Waals surface area (Å²) in [5.41, 5.74) is 6.09. The fraction of sp³-hybridized carbons (Fsp3) is 0.500. The second-order valence-corrected chi connectivity index (χ2v) is 9.50. The highest BCUT2D eigenvalue weighted by Crippen LogP contribution is 2.49. The number of ether oxygens (including phenoxy) is 1. The maximum atomic E-state index is 6.61. The van der Waals surface area contributed by atoms with Crippen LogP contribution in [0.2, 0.25) is 5.15 Å². The van der Waals surface area contributed by atoms with Crippen LogP contribution in [0.15, 0.2) is 18.3 Å². The molecular formula is C24H30ClN4O+. The van der Waals surface area contributed by atoms with E-state index < -0.39 is 0 Å². The smallest absolute Gasteiger partial charge is 0.236 e. The standard InChI is InChI=1S/C24H30ClN4O/c1-6-18-24(29(4,16-7-8-16)17-9-10-17)28-13-20(25)27-22(23(28)26-18)21-15(3)11-14(2)12-19(21)30-5/h11-13,16-17H,6-10H2,1-5H3/q+1. The fourth-order valence-electron chi connectivity index (χ4n) is 5.23.